The molecule has 3 rings (SSSR count). The van der Waals surface area contributed by atoms with E-state index in [9.17, 15) is 4.79 Å². The molecular weight excluding hydrogens is 308 g/mol. The largest absolute Gasteiger partial charge is 0.497 e. The van der Waals surface area contributed by atoms with Crippen molar-refractivity contribution < 1.29 is 9.53 Å². The van der Waals surface area contributed by atoms with Crippen LogP contribution in [0.1, 0.15) is 35.9 Å². The van der Waals surface area contributed by atoms with E-state index >= 15 is 0 Å². The van der Waals surface area contributed by atoms with E-state index in [-0.39, 0.29) is 11.9 Å². The number of carbonyl (C=O) groups is 1. The molecule has 3 aromatic rings. The maximum atomic E-state index is 12.6. The summed E-state index contributed by atoms with van der Waals surface area (Å²) in [6.07, 6.45) is 0. The van der Waals surface area contributed by atoms with E-state index in [0.717, 1.165) is 27.2 Å². The lowest BCUT2D eigenvalue weighted by atomic mass is 10.2. The highest BCUT2D eigenvalue weighted by Crippen LogP contribution is 2.28. The molecule has 2 aromatic heterocycles. The number of fused-ring (bicyclic) bond motifs is 1. The lowest BCUT2D eigenvalue weighted by Crippen LogP contribution is -2.26. The molecule has 0 aliphatic heterocycles. The van der Waals surface area contributed by atoms with E-state index in [4.69, 9.17) is 4.74 Å². The van der Waals surface area contributed by atoms with Crippen molar-refractivity contribution in [2.75, 3.05) is 7.11 Å². The Morgan fingerprint density at radius 1 is 1.26 bits per heavy atom. The Hall–Kier alpha value is -2.27. The van der Waals surface area contributed by atoms with E-state index in [1.165, 1.54) is 0 Å². The molecule has 0 bridgehead atoms. The molecule has 0 saturated heterocycles. The van der Waals surface area contributed by atoms with Crippen molar-refractivity contribution in [3.8, 4) is 5.75 Å². The van der Waals surface area contributed by atoms with Gasteiger partial charge >= 0.3 is 0 Å². The quantitative estimate of drug-likeness (QED) is 0.762. The van der Waals surface area contributed by atoms with Gasteiger partial charge in [-0.1, -0.05) is 12.1 Å². The molecule has 0 aliphatic rings. The second-order valence-electron chi connectivity index (χ2n) is 5.69. The van der Waals surface area contributed by atoms with Crippen LogP contribution in [0, 0.1) is 0 Å². The highest BCUT2D eigenvalue weighted by molar-refractivity contribution is 7.17. The van der Waals surface area contributed by atoms with E-state index in [1.807, 2.05) is 30.3 Å². The van der Waals surface area contributed by atoms with Gasteiger partial charge in [-0.3, -0.25) is 4.79 Å². The van der Waals surface area contributed by atoms with E-state index in [0.29, 0.717) is 6.54 Å². The zero-order valence-corrected chi connectivity index (χ0v) is 14.3. The molecule has 23 heavy (non-hydrogen) atoms. The average molecular weight is 328 g/mol. The van der Waals surface area contributed by atoms with Crippen molar-refractivity contribution >= 4 is 27.5 Å². The Balaban J connectivity index is 1.77. The standard InChI is InChI=1S/C18H20N2O2S/c1-12(2)20-15-8-9-23-17(15)10-16(20)18(21)19-11-13-4-6-14(22-3)7-5-13/h4-10,12H,11H2,1-3H3,(H,19,21). The molecule has 120 valence electrons. The van der Waals surface area contributed by atoms with Gasteiger partial charge < -0.3 is 14.6 Å². The van der Waals surface area contributed by atoms with Crippen LogP contribution in [0.3, 0.4) is 0 Å². The van der Waals surface area contributed by atoms with Crippen LogP contribution in [0.4, 0.5) is 0 Å². The van der Waals surface area contributed by atoms with Crippen LogP contribution in [0.25, 0.3) is 10.2 Å². The lowest BCUT2D eigenvalue weighted by molar-refractivity contribution is 0.0940. The van der Waals surface area contributed by atoms with E-state index in [2.05, 4.69) is 35.2 Å². The van der Waals surface area contributed by atoms with Crippen LogP contribution in [0.5, 0.6) is 5.75 Å². The fourth-order valence-corrected chi connectivity index (χ4v) is 3.50. The number of nitrogens with one attached hydrogen (secondary N) is 1. The summed E-state index contributed by atoms with van der Waals surface area (Å²) in [4.78, 5) is 12.6. The molecule has 0 atom stereocenters. The van der Waals surface area contributed by atoms with Crippen molar-refractivity contribution in [3.05, 3.63) is 53.0 Å². The second-order valence-corrected chi connectivity index (χ2v) is 6.64. The maximum Gasteiger partial charge on any atom is 0.268 e. The molecule has 0 unspecified atom stereocenters. The number of carbonyl (C=O) groups excluding carboxylic acids is 1. The van der Waals surface area contributed by atoms with Gasteiger partial charge in [0.15, 0.2) is 0 Å². The molecule has 0 radical (unpaired) electrons. The first kappa shape index (κ1) is 15.6. The Bertz CT molecular complexity index is 815. The number of nitrogens with zero attached hydrogens (tertiary/aromatic N) is 1. The molecule has 1 amide bonds. The molecule has 4 nitrogen and oxygen atoms in total. The van der Waals surface area contributed by atoms with Crippen LogP contribution in [-0.4, -0.2) is 17.6 Å². The highest BCUT2D eigenvalue weighted by Gasteiger charge is 2.17. The Kier molecular flexibility index (Phi) is 4.39. The van der Waals surface area contributed by atoms with Crippen molar-refractivity contribution in [1.82, 2.24) is 9.88 Å². The van der Waals surface area contributed by atoms with E-state index < -0.39 is 0 Å². The van der Waals surface area contributed by atoms with Crippen LogP contribution < -0.4 is 10.1 Å². The number of ether oxygens (including phenoxy) is 1. The van der Waals surface area contributed by atoms with Crippen molar-refractivity contribution in [2.24, 2.45) is 0 Å². The SMILES string of the molecule is COc1ccc(CNC(=O)c2cc3sccc3n2C(C)C)cc1. The van der Waals surface area contributed by atoms with Crippen molar-refractivity contribution in [1.29, 1.82) is 0 Å². The highest BCUT2D eigenvalue weighted by atomic mass is 32.1. The lowest BCUT2D eigenvalue weighted by Gasteiger charge is -2.14. The number of hydrogen-bond donors (Lipinski definition) is 1. The van der Waals surface area contributed by atoms with Gasteiger partial charge in [0.2, 0.25) is 0 Å². The summed E-state index contributed by atoms with van der Waals surface area (Å²) in [5.74, 6) is 0.770. The van der Waals surface area contributed by atoms with Gasteiger partial charge in [0.25, 0.3) is 5.91 Å². The van der Waals surface area contributed by atoms with Gasteiger partial charge in [0.05, 0.1) is 17.3 Å². The molecule has 0 spiro atoms. The average Bonchev–Trinajstić information content (AvgIpc) is 3.13. The topological polar surface area (TPSA) is 43.3 Å². The predicted octanol–water partition coefficient (Wildman–Crippen LogP) is 4.22. The molecule has 0 aliphatic carbocycles. The minimum atomic E-state index is -0.0436. The molecule has 1 N–H and O–H groups in total. The van der Waals surface area contributed by atoms with Gasteiger partial charge in [-0.05, 0) is 49.1 Å². The van der Waals surface area contributed by atoms with Gasteiger partial charge in [0.1, 0.15) is 11.4 Å². The first-order valence-electron chi connectivity index (χ1n) is 7.59. The van der Waals surface area contributed by atoms with Gasteiger partial charge in [-0.2, -0.15) is 0 Å². The minimum absolute atomic E-state index is 0.0436. The molecular formula is C18H20N2O2S. The number of methoxy groups -OCH3 is 1. The number of rotatable bonds is 5. The molecule has 5 heteroatoms. The minimum Gasteiger partial charge on any atom is -0.497 e. The summed E-state index contributed by atoms with van der Waals surface area (Å²) in [7, 11) is 1.64. The Morgan fingerprint density at radius 2 is 2.00 bits per heavy atom. The van der Waals surface area contributed by atoms with Crippen LogP contribution >= 0.6 is 11.3 Å². The van der Waals surface area contributed by atoms with Crippen LogP contribution in [-0.2, 0) is 6.54 Å². The predicted molar refractivity (Wildman–Crippen MR) is 94.4 cm³/mol. The number of hydrogen-bond acceptors (Lipinski definition) is 3. The maximum absolute atomic E-state index is 12.6. The van der Waals surface area contributed by atoms with Gasteiger partial charge in [-0.25, -0.2) is 0 Å². The Morgan fingerprint density at radius 3 is 2.65 bits per heavy atom. The first-order chi connectivity index (χ1) is 11.1. The fourth-order valence-electron chi connectivity index (χ4n) is 2.69. The van der Waals surface area contributed by atoms with Crippen LogP contribution in [0.15, 0.2) is 41.8 Å². The van der Waals surface area contributed by atoms with Crippen LogP contribution in [0.2, 0.25) is 0 Å². The molecule has 0 fully saturated rings. The number of benzene rings is 1. The monoisotopic (exact) mass is 328 g/mol. The summed E-state index contributed by atoms with van der Waals surface area (Å²) in [6, 6.07) is 12.0. The summed E-state index contributed by atoms with van der Waals surface area (Å²) in [6.45, 7) is 4.69. The third-order valence-corrected chi connectivity index (χ3v) is 4.67. The zero-order valence-electron chi connectivity index (χ0n) is 13.5. The summed E-state index contributed by atoms with van der Waals surface area (Å²) >= 11 is 1.66. The first-order valence-corrected chi connectivity index (χ1v) is 8.47. The third-order valence-electron chi connectivity index (χ3n) is 3.82. The zero-order chi connectivity index (χ0) is 16.4. The fraction of sp³-hybridized carbons (Fsp3) is 0.278. The molecule has 2 heterocycles. The van der Waals surface area contributed by atoms with Gasteiger partial charge in [0, 0.05) is 12.6 Å². The smallest absolute Gasteiger partial charge is 0.268 e. The summed E-state index contributed by atoms with van der Waals surface area (Å²) < 4.78 is 8.38. The number of thiophene rings is 1. The molecule has 1 aromatic carbocycles. The van der Waals surface area contributed by atoms with Crippen molar-refractivity contribution in [3.63, 3.8) is 0 Å². The van der Waals surface area contributed by atoms with Crippen molar-refractivity contribution in [2.45, 2.75) is 26.4 Å². The second kappa shape index (κ2) is 6.46. The van der Waals surface area contributed by atoms with E-state index in [1.54, 1.807) is 18.4 Å². The Labute approximate surface area is 139 Å². The third kappa shape index (κ3) is 3.10. The number of aromatic nitrogens is 1. The van der Waals surface area contributed by atoms with Gasteiger partial charge in [-0.15, -0.1) is 11.3 Å². The summed E-state index contributed by atoms with van der Waals surface area (Å²) in [5, 5.41) is 5.06. The number of amides is 1. The summed E-state index contributed by atoms with van der Waals surface area (Å²) in [5.41, 5.74) is 2.89. The molecule has 0 saturated carbocycles. The normalized spacial score (nSPS) is 11.1.